The quantitative estimate of drug-likeness (QED) is 0.842. The van der Waals surface area contributed by atoms with E-state index >= 15 is 0 Å². The zero-order valence-corrected chi connectivity index (χ0v) is 11.0. The first kappa shape index (κ1) is 14.2. The molecule has 1 amide bonds. The number of carboxylic acid groups (broad SMARTS) is 1. The lowest BCUT2D eigenvalue weighted by molar-refractivity contribution is -0.120. The van der Waals surface area contributed by atoms with Crippen molar-refractivity contribution in [2.45, 2.75) is 33.6 Å². The van der Waals surface area contributed by atoms with E-state index in [0.717, 1.165) is 18.4 Å². The van der Waals surface area contributed by atoms with Crippen LogP contribution in [0.3, 0.4) is 0 Å². The van der Waals surface area contributed by atoms with E-state index in [-0.39, 0.29) is 17.4 Å². The SMILES string of the molecule is CCC(CC)C(=O)Nc1ccc(C)cc1C(=O)O. The zero-order valence-electron chi connectivity index (χ0n) is 11.0. The summed E-state index contributed by atoms with van der Waals surface area (Å²) in [6.07, 6.45) is 1.49. The second-order valence-corrected chi connectivity index (χ2v) is 4.36. The first-order valence-corrected chi connectivity index (χ1v) is 6.14. The van der Waals surface area contributed by atoms with Crippen LogP contribution >= 0.6 is 0 Å². The third-order valence-electron chi connectivity index (χ3n) is 3.02. The number of aromatic carboxylic acids is 1. The van der Waals surface area contributed by atoms with Gasteiger partial charge < -0.3 is 10.4 Å². The number of carboxylic acids is 1. The summed E-state index contributed by atoms with van der Waals surface area (Å²) in [6.45, 7) is 5.71. The molecule has 0 heterocycles. The third kappa shape index (κ3) is 3.32. The molecule has 0 saturated heterocycles. The Hall–Kier alpha value is -1.84. The molecule has 0 radical (unpaired) electrons. The van der Waals surface area contributed by atoms with Crippen molar-refractivity contribution in [3.05, 3.63) is 29.3 Å². The summed E-state index contributed by atoms with van der Waals surface area (Å²) in [5, 5.41) is 11.8. The highest BCUT2D eigenvalue weighted by atomic mass is 16.4. The van der Waals surface area contributed by atoms with Crippen molar-refractivity contribution in [2.75, 3.05) is 5.32 Å². The molecule has 98 valence electrons. The van der Waals surface area contributed by atoms with Crippen molar-refractivity contribution in [1.29, 1.82) is 0 Å². The van der Waals surface area contributed by atoms with E-state index in [4.69, 9.17) is 5.11 Å². The number of nitrogens with one attached hydrogen (secondary N) is 1. The summed E-state index contributed by atoms with van der Waals surface area (Å²) in [7, 11) is 0. The molecule has 18 heavy (non-hydrogen) atoms. The van der Waals surface area contributed by atoms with Crippen LogP contribution in [-0.4, -0.2) is 17.0 Å². The largest absolute Gasteiger partial charge is 0.478 e. The molecule has 1 rings (SSSR count). The topological polar surface area (TPSA) is 66.4 Å². The van der Waals surface area contributed by atoms with Crippen LogP contribution in [0.25, 0.3) is 0 Å². The number of hydrogen-bond donors (Lipinski definition) is 2. The minimum Gasteiger partial charge on any atom is -0.478 e. The molecular formula is C14H19NO3. The molecule has 0 saturated carbocycles. The summed E-state index contributed by atoms with van der Waals surface area (Å²) >= 11 is 0. The fourth-order valence-corrected chi connectivity index (χ4v) is 1.84. The zero-order chi connectivity index (χ0) is 13.7. The average molecular weight is 249 g/mol. The van der Waals surface area contributed by atoms with Gasteiger partial charge in [-0.2, -0.15) is 0 Å². The van der Waals surface area contributed by atoms with Gasteiger partial charge in [-0.3, -0.25) is 4.79 Å². The molecule has 0 unspecified atom stereocenters. The van der Waals surface area contributed by atoms with E-state index in [1.807, 2.05) is 20.8 Å². The molecule has 0 aromatic heterocycles. The first-order valence-electron chi connectivity index (χ1n) is 6.14. The maximum Gasteiger partial charge on any atom is 0.337 e. The highest BCUT2D eigenvalue weighted by Gasteiger charge is 2.17. The van der Waals surface area contributed by atoms with E-state index in [0.29, 0.717) is 5.69 Å². The van der Waals surface area contributed by atoms with Gasteiger partial charge in [0.2, 0.25) is 5.91 Å². The Morgan fingerprint density at radius 3 is 2.39 bits per heavy atom. The molecule has 0 aliphatic heterocycles. The third-order valence-corrected chi connectivity index (χ3v) is 3.02. The standard InChI is InChI=1S/C14H19NO3/c1-4-10(5-2)13(16)15-12-7-6-9(3)8-11(12)14(17)18/h6-8,10H,4-5H2,1-3H3,(H,15,16)(H,17,18). The number of benzene rings is 1. The summed E-state index contributed by atoms with van der Waals surface area (Å²) < 4.78 is 0. The predicted molar refractivity (Wildman–Crippen MR) is 70.8 cm³/mol. The van der Waals surface area contributed by atoms with Crippen LogP contribution in [-0.2, 0) is 4.79 Å². The van der Waals surface area contributed by atoms with Gasteiger partial charge in [-0.05, 0) is 31.9 Å². The Morgan fingerprint density at radius 2 is 1.89 bits per heavy atom. The molecule has 1 aromatic rings. The first-order chi connectivity index (χ1) is 8.49. The molecule has 0 atom stereocenters. The van der Waals surface area contributed by atoms with Crippen LogP contribution in [0.1, 0.15) is 42.6 Å². The van der Waals surface area contributed by atoms with Crippen LogP contribution in [0, 0.1) is 12.8 Å². The van der Waals surface area contributed by atoms with E-state index in [1.54, 1.807) is 18.2 Å². The minimum absolute atomic E-state index is 0.0760. The van der Waals surface area contributed by atoms with Crippen molar-refractivity contribution in [3.8, 4) is 0 Å². The van der Waals surface area contributed by atoms with Crippen molar-refractivity contribution in [1.82, 2.24) is 0 Å². The second-order valence-electron chi connectivity index (χ2n) is 4.36. The number of anilines is 1. The summed E-state index contributed by atoms with van der Waals surface area (Å²) in [6, 6.07) is 4.98. The van der Waals surface area contributed by atoms with E-state index in [9.17, 15) is 9.59 Å². The van der Waals surface area contributed by atoms with Crippen LogP contribution in [0.5, 0.6) is 0 Å². The maximum absolute atomic E-state index is 11.9. The van der Waals surface area contributed by atoms with Gasteiger partial charge in [-0.1, -0.05) is 25.5 Å². The van der Waals surface area contributed by atoms with E-state index in [2.05, 4.69) is 5.32 Å². The number of rotatable bonds is 5. The van der Waals surface area contributed by atoms with Crippen LogP contribution in [0.15, 0.2) is 18.2 Å². The number of carbonyl (C=O) groups excluding carboxylic acids is 1. The molecule has 0 spiro atoms. The van der Waals surface area contributed by atoms with Gasteiger partial charge in [0.25, 0.3) is 0 Å². The van der Waals surface area contributed by atoms with Crippen LogP contribution in [0.2, 0.25) is 0 Å². The average Bonchev–Trinajstić information content (AvgIpc) is 2.32. The summed E-state index contributed by atoms with van der Waals surface area (Å²) in [5.41, 5.74) is 1.35. The smallest absolute Gasteiger partial charge is 0.337 e. The Bertz CT molecular complexity index is 450. The Balaban J connectivity index is 2.97. The van der Waals surface area contributed by atoms with Gasteiger partial charge in [0.1, 0.15) is 0 Å². The number of aryl methyl sites for hydroxylation is 1. The van der Waals surface area contributed by atoms with Crippen molar-refractivity contribution < 1.29 is 14.7 Å². The fourth-order valence-electron chi connectivity index (χ4n) is 1.84. The second kappa shape index (κ2) is 6.19. The number of hydrogen-bond acceptors (Lipinski definition) is 2. The highest BCUT2D eigenvalue weighted by Crippen LogP contribution is 2.19. The molecule has 4 heteroatoms. The Morgan fingerprint density at radius 1 is 1.28 bits per heavy atom. The van der Waals surface area contributed by atoms with Gasteiger partial charge in [0, 0.05) is 5.92 Å². The van der Waals surface area contributed by atoms with Crippen molar-refractivity contribution in [3.63, 3.8) is 0 Å². The number of amides is 1. The molecule has 0 fully saturated rings. The minimum atomic E-state index is -1.03. The van der Waals surface area contributed by atoms with Gasteiger partial charge in [-0.15, -0.1) is 0 Å². The lowest BCUT2D eigenvalue weighted by Crippen LogP contribution is -2.23. The predicted octanol–water partition coefficient (Wildman–Crippen LogP) is 3.07. The Kier molecular flexibility index (Phi) is 4.89. The van der Waals surface area contributed by atoms with Crippen LogP contribution in [0.4, 0.5) is 5.69 Å². The maximum atomic E-state index is 11.9. The lowest BCUT2D eigenvalue weighted by atomic mass is 10.0. The molecule has 1 aromatic carbocycles. The summed E-state index contributed by atoms with van der Waals surface area (Å²) in [5.74, 6) is -1.22. The van der Waals surface area contributed by atoms with Crippen molar-refractivity contribution in [2.24, 2.45) is 5.92 Å². The number of carbonyl (C=O) groups is 2. The summed E-state index contributed by atoms with van der Waals surface area (Å²) in [4.78, 5) is 23.0. The molecule has 4 nitrogen and oxygen atoms in total. The van der Waals surface area contributed by atoms with Crippen molar-refractivity contribution >= 4 is 17.6 Å². The van der Waals surface area contributed by atoms with Gasteiger partial charge >= 0.3 is 5.97 Å². The molecule has 0 aliphatic rings. The van der Waals surface area contributed by atoms with Gasteiger partial charge in [-0.25, -0.2) is 4.79 Å². The molecule has 2 N–H and O–H groups in total. The Labute approximate surface area is 107 Å². The van der Waals surface area contributed by atoms with E-state index in [1.165, 1.54) is 0 Å². The van der Waals surface area contributed by atoms with Gasteiger partial charge in [0.15, 0.2) is 0 Å². The van der Waals surface area contributed by atoms with Gasteiger partial charge in [0.05, 0.1) is 11.3 Å². The fraction of sp³-hybridized carbons (Fsp3) is 0.429. The van der Waals surface area contributed by atoms with E-state index < -0.39 is 5.97 Å². The van der Waals surface area contributed by atoms with Crippen LogP contribution < -0.4 is 5.32 Å². The normalized spacial score (nSPS) is 10.4. The molecule has 0 aliphatic carbocycles. The lowest BCUT2D eigenvalue weighted by Gasteiger charge is -2.14. The molecule has 0 bridgehead atoms. The molecular weight excluding hydrogens is 230 g/mol. The monoisotopic (exact) mass is 249 g/mol. The highest BCUT2D eigenvalue weighted by molar-refractivity contribution is 6.01.